The van der Waals surface area contributed by atoms with Gasteiger partial charge in [0.1, 0.15) is 0 Å². The molecule has 0 aromatic heterocycles. The fourth-order valence-electron chi connectivity index (χ4n) is 1.48. The van der Waals surface area contributed by atoms with Crippen molar-refractivity contribution in [3.05, 3.63) is 12.3 Å². The molecule has 0 bridgehead atoms. The van der Waals surface area contributed by atoms with Crippen LogP contribution in [-0.2, 0) is 4.79 Å². The summed E-state index contributed by atoms with van der Waals surface area (Å²) >= 11 is 0. The maximum absolute atomic E-state index is 11.1. The largest absolute Gasteiger partial charge is 0.353 e. The monoisotopic (exact) mass is 150 g/mol. The normalized spacial score (nSPS) is 23.1. The van der Waals surface area contributed by atoms with Gasteiger partial charge in [0.15, 0.2) is 5.84 Å². The molecule has 2 rings (SSSR count). The zero-order valence-corrected chi connectivity index (χ0v) is 6.29. The summed E-state index contributed by atoms with van der Waals surface area (Å²) in [7, 11) is 0. The van der Waals surface area contributed by atoms with E-state index >= 15 is 0 Å². The van der Waals surface area contributed by atoms with Crippen LogP contribution in [0.15, 0.2) is 17.3 Å². The highest BCUT2D eigenvalue weighted by molar-refractivity contribution is 6.44. The standard InChI is InChI=1S/C8H10N2O/c11-7-3-4-9-8(7)10-5-1-2-6-10/h3-4H,1-2,5-6H2. The first-order chi connectivity index (χ1) is 5.38. The second-order valence-electron chi connectivity index (χ2n) is 2.83. The van der Waals surface area contributed by atoms with Gasteiger partial charge < -0.3 is 4.90 Å². The zero-order valence-electron chi connectivity index (χ0n) is 6.29. The first kappa shape index (κ1) is 6.58. The molecule has 0 N–H and O–H groups in total. The van der Waals surface area contributed by atoms with Crippen LogP contribution in [0.1, 0.15) is 12.8 Å². The van der Waals surface area contributed by atoms with Crippen molar-refractivity contribution in [3.8, 4) is 0 Å². The van der Waals surface area contributed by atoms with E-state index in [9.17, 15) is 4.79 Å². The van der Waals surface area contributed by atoms with E-state index in [2.05, 4.69) is 9.89 Å². The zero-order chi connectivity index (χ0) is 7.68. The molecule has 3 heteroatoms. The third-order valence-electron chi connectivity index (χ3n) is 2.05. The number of rotatable bonds is 0. The lowest BCUT2D eigenvalue weighted by Crippen LogP contribution is -2.31. The second-order valence-corrected chi connectivity index (χ2v) is 2.83. The Morgan fingerprint density at radius 1 is 1.36 bits per heavy atom. The summed E-state index contributed by atoms with van der Waals surface area (Å²) in [5.41, 5.74) is 0. The number of ketones is 1. The minimum atomic E-state index is 0.0619. The van der Waals surface area contributed by atoms with Gasteiger partial charge in [-0.25, -0.2) is 4.99 Å². The van der Waals surface area contributed by atoms with Crippen LogP contribution in [0.25, 0.3) is 0 Å². The van der Waals surface area contributed by atoms with Gasteiger partial charge in [0.05, 0.1) is 0 Å². The summed E-state index contributed by atoms with van der Waals surface area (Å²) in [5, 5.41) is 0. The Balaban J connectivity index is 2.11. The molecule has 2 aliphatic rings. The van der Waals surface area contributed by atoms with Crippen molar-refractivity contribution in [2.45, 2.75) is 12.8 Å². The molecule has 0 saturated carbocycles. The average Bonchev–Trinajstić information content (AvgIpc) is 2.55. The van der Waals surface area contributed by atoms with Crippen molar-refractivity contribution in [1.82, 2.24) is 4.90 Å². The van der Waals surface area contributed by atoms with E-state index < -0.39 is 0 Å². The fraction of sp³-hybridized carbons (Fsp3) is 0.500. The van der Waals surface area contributed by atoms with Gasteiger partial charge in [0, 0.05) is 25.4 Å². The number of aliphatic imine (C=N–C) groups is 1. The van der Waals surface area contributed by atoms with Gasteiger partial charge in [-0.05, 0) is 12.8 Å². The molecule has 1 saturated heterocycles. The third kappa shape index (κ3) is 1.06. The van der Waals surface area contributed by atoms with Crippen LogP contribution in [0.2, 0.25) is 0 Å². The number of carbonyl (C=O) groups excluding carboxylic acids is 1. The molecule has 0 aliphatic carbocycles. The summed E-state index contributed by atoms with van der Waals surface area (Å²) in [6.07, 6.45) is 5.47. The van der Waals surface area contributed by atoms with Crippen LogP contribution in [0.4, 0.5) is 0 Å². The Morgan fingerprint density at radius 3 is 2.64 bits per heavy atom. The minimum absolute atomic E-state index is 0.0619. The summed E-state index contributed by atoms with van der Waals surface area (Å²) in [6, 6.07) is 0. The van der Waals surface area contributed by atoms with Crippen molar-refractivity contribution in [3.63, 3.8) is 0 Å². The summed E-state index contributed by atoms with van der Waals surface area (Å²) in [6.45, 7) is 1.98. The highest BCUT2D eigenvalue weighted by Crippen LogP contribution is 2.11. The summed E-state index contributed by atoms with van der Waals surface area (Å²) < 4.78 is 0. The van der Waals surface area contributed by atoms with E-state index in [1.807, 2.05) is 0 Å². The highest BCUT2D eigenvalue weighted by atomic mass is 16.1. The minimum Gasteiger partial charge on any atom is -0.353 e. The van der Waals surface area contributed by atoms with E-state index in [4.69, 9.17) is 0 Å². The van der Waals surface area contributed by atoms with Gasteiger partial charge in [-0.1, -0.05) is 0 Å². The molecular formula is C8H10N2O. The lowest BCUT2D eigenvalue weighted by molar-refractivity contribution is -0.109. The van der Waals surface area contributed by atoms with Crippen LogP contribution < -0.4 is 0 Å². The first-order valence-electron chi connectivity index (χ1n) is 3.91. The second kappa shape index (κ2) is 2.49. The van der Waals surface area contributed by atoms with E-state index in [-0.39, 0.29) is 5.78 Å². The average molecular weight is 150 g/mol. The van der Waals surface area contributed by atoms with Crippen molar-refractivity contribution in [2.24, 2.45) is 4.99 Å². The van der Waals surface area contributed by atoms with Crippen LogP contribution in [0, 0.1) is 0 Å². The maximum atomic E-state index is 11.1. The van der Waals surface area contributed by atoms with Crippen LogP contribution in [0.5, 0.6) is 0 Å². The molecule has 0 aromatic carbocycles. The fourth-order valence-corrected chi connectivity index (χ4v) is 1.48. The number of amidine groups is 1. The van der Waals surface area contributed by atoms with Crippen molar-refractivity contribution >= 4 is 11.6 Å². The van der Waals surface area contributed by atoms with Gasteiger partial charge in [0.2, 0.25) is 5.78 Å². The van der Waals surface area contributed by atoms with Gasteiger partial charge in [-0.3, -0.25) is 4.79 Å². The third-order valence-corrected chi connectivity index (χ3v) is 2.05. The molecule has 0 aromatic rings. The van der Waals surface area contributed by atoms with Crippen LogP contribution in [-0.4, -0.2) is 29.6 Å². The number of carbonyl (C=O) groups is 1. The molecule has 1 fully saturated rings. The molecule has 2 aliphatic heterocycles. The van der Waals surface area contributed by atoms with Crippen molar-refractivity contribution in [2.75, 3.05) is 13.1 Å². The first-order valence-corrected chi connectivity index (χ1v) is 3.91. The smallest absolute Gasteiger partial charge is 0.222 e. The number of likely N-dealkylation sites (tertiary alicyclic amines) is 1. The Hall–Kier alpha value is -1.12. The number of hydrogen-bond donors (Lipinski definition) is 0. The predicted octanol–water partition coefficient (Wildman–Crippen LogP) is 0.577. The topological polar surface area (TPSA) is 32.7 Å². The van der Waals surface area contributed by atoms with Crippen LogP contribution in [0.3, 0.4) is 0 Å². The predicted molar refractivity (Wildman–Crippen MR) is 42.4 cm³/mol. The Morgan fingerprint density at radius 2 is 2.09 bits per heavy atom. The van der Waals surface area contributed by atoms with E-state index in [1.165, 1.54) is 18.9 Å². The van der Waals surface area contributed by atoms with Crippen molar-refractivity contribution in [1.29, 1.82) is 0 Å². The van der Waals surface area contributed by atoms with Gasteiger partial charge in [-0.2, -0.15) is 0 Å². The molecule has 0 amide bonds. The lowest BCUT2D eigenvalue weighted by Gasteiger charge is -2.14. The molecule has 11 heavy (non-hydrogen) atoms. The quantitative estimate of drug-likeness (QED) is 0.506. The number of nitrogens with zero attached hydrogens (tertiary/aromatic N) is 2. The maximum Gasteiger partial charge on any atom is 0.222 e. The Labute approximate surface area is 65.4 Å². The van der Waals surface area contributed by atoms with E-state index in [0.717, 1.165) is 13.1 Å². The van der Waals surface area contributed by atoms with E-state index in [1.54, 1.807) is 6.20 Å². The summed E-state index contributed by atoms with van der Waals surface area (Å²) in [5.74, 6) is 0.703. The number of hydrogen-bond acceptors (Lipinski definition) is 3. The lowest BCUT2D eigenvalue weighted by atomic mass is 10.3. The summed E-state index contributed by atoms with van der Waals surface area (Å²) in [4.78, 5) is 17.2. The Kier molecular flexibility index (Phi) is 1.49. The molecule has 0 spiro atoms. The SMILES string of the molecule is O=C1C=CN=C1N1CCCC1. The Bertz CT molecular complexity index is 236. The van der Waals surface area contributed by atoms with Gasteiger partial charge >= 0.3 is 0 Å². The molecule has 0 radical (unpaired) electrons. The molecule has 0 unspecified atom stereocenters. The van der Waals surface area contributed by atoms with Crippen molar-refractivity contribution < 1.29 is 4.79 Å². The highest BCUT2D eigenvalue weighted by Gasteiger charge is 2.22. The van der Waals surface area contributed by atoms with Crippen LogP contribution >= 0.6 is 0 Å². The molecule has 2 heterocycles. The molecular weight excluding hydrogens is 140 g/mol. The molecule has 3 nitrogen and oxygen atoms in total. The molecule has 58 valence electrons. The van der Waals surface area contributed by atoms with Gasteiger partial charge in [0.25, 0.3) is 0 Å². The van der Waals surface area contributed by atoms with E-state index in [0.29, 0.717) is 5.84 Å². The molecule has 0 atom stereocenters. The van der Waals surface area contributed by atoms with Gasteiger partial charge in [-0.15, -0.1) is 0 Å².